The molecule has 1 heterocycles. The van der Waals surface area contributed by atoms with Gasteiger partial charge in [0.1, 0.15) is 0 Å². The predicted molar refractivity (Wildman–Crippen MR) is 92.7 cm³/mol. The molecule has 0 aliphatic heterocycles. The van der Waals surface area contributed by atoms with Crippen molar-refractivity contribution in [2.75, 3.05) is 6.54 Å². The van der Waals surface area contributed by atoms with Gasteiger partial charge in [-0.1, -0.05) is 49.0 Å². The zero-order valence-corrected chi connectivity index (χ0v) is 14.2. The molecule has 122 valence electrons. The van der Waals surface area contributed by atoms with E-state index in [-0.39, 0.29) is 16.7 Å². The lowest BCUT2D eigenvalue weighted by molar-refractivity contribution is -0.120. The highest BCUT2D eigenvalue weighted by atomic mass is 32.2. The van der Waals surface area contributed by atoms with Gasteiger partial charge < -0.3 is 10.3 Å². The van der Waals surface area contributed by atoms with Crippen molar-refractivity contribution in [3.8, 4) is 0 Å². The average Bonchev–Trinajstić information content (AvgIpc) is 2.55. The summed E-state index contributed by atoms with van der Waals surface area (Å²) < 4.78 is 0. The summed E-state index contributed by atoms with van der Waals surface area (Å²) in [6, 6.07) is 11.5. The fourth-order valence-electron chi connectivity index (χ4n) is 2.06. The number of rotatable bonds is 7. The minimum atomic E-state index is -0.318. The van der Waals surface area contributed by atoms with Gasteiger partial charge in [-0.05, 0) is 25.3 Å². The molecule has 0 saturated carbocycles. The van der Waals surface area contributed by atoms with Crippen LogP contribution in [-0.2, 0) is 17.6 Å². The van der Waals surface area contributed by atoms with Crippen LogP contribution in [-0.4, -0.2) is 27.7 Å². The first kappa shape index (κ1) is 17.3. The van der Waals surface area contributed by atoms with Crippen LogP contribution >= 0.6 is 11.8 Å². The number of hydrogen-bond donors (Lipinski definition) is 2. The van der Waals surface area contributed by atoms with Gasteiger partial charge in [0, 0.05) is 18.3 Å². The van der Waals surface area contributed by atoms with E-state index in [1.807, 2.05) is 37.3 Å². The molecular formula is C17H21N3O2S. The third-order valence-electron chi connectivity index (χ3n) is 3.35. The summed E-state index contributed by atoms with van der Waals surface area (Å²) in [6.45, 7) is 4.34. The van der Waals surface area contributed by atoms with Crippen molar-refractivity contribution in [2.45, 2.75) is 37.1 Å². The first-order chi connectivity index (χ1) is 11.1. The highest BCUT2D eigenvalue weighted by Crippen LogP contribution is 2.18. The molecule has 0 radical (unpaired) electrons. The van der Waals surface area contributed by atoms with Gasteiger partial charge in [-0.25, -0.2) is 4.98 Å². The van der Waals surface area contributed by atoms with Gasteiger partial charge in [-0.3, -0.25) is 9.59 Å². The second kappa shape index (κ2) is 8.53. The van der Waals surface area contributed by atoms with Gasteiger partial charge in [-0.15, -0.1) is 0 Å². The summed E-state index contributed by atoms with van der Waals surface area (Å²) in [7, 11) is 0. The second-order valence-electron chi connectivity index (χ2n) is 5.18. The number of benzene rings is 1. The molecule has 2 aromatic rings. The first-order valence-corrected chi connectivity index (χ1v) is 8.55. The molecule has 0 aliphatic rings. The molecule has 1 atom stereocenters. The smallest absolute Gasteiger partial charge is 0.251 e. The number of aromatic nitrogens is 2. The molecule has 1 amide bonds. The molecule has 1 aromatic heterocycles. The van der Waals surface area contributed by atoms with Crippen LogP contribution in [0.1, 0.15) is 25.1 Å². The van der Waals surface area contributed by atoms with Gasteiger partial charge in [0.15, 0.2) is 5.16 Å². The highest BCUT2D eigenvalue weighted by Gasteiger charge is 2.15. The minimum Gasteiger partial charge on any atom is -0.355 e. The Bertz CT molecular complexity index is 700. The van der Waals surface area contributed by atoms with Crippen molar-refractivity contribution in [2.24, 2.45) is 0 Å². The highest BCUT2D eigenvalue weighted by molar-refractivity contribution is 8.00. The predicted octanol–water partition coefficient (Wildman–Crippen LogP) is 2.17. The lowest BCUT2D eigenvalue weighted by atomic mass is 10.1. The Hall–Kier alpha value is -2.08. The molecule has 1 aromatic carbocycles. The molecule has 2 rings (SSSR count). The molecule has 23 heavy (non-hydrogen) atoms. The number of nitrogens with one attached hydrogen (secondary N) is 2. The molecule has 0 saturated heterocycles. The summed E-state index contributed by atoms with van der Waals surface area (Å²) >= 11 is 1.26. The van der Waals surface area contributed by atoms with E-state index >= 15 is 0 Å². The topological polar surface area (TPSA) is 74.8 Å². The maximum absolute atomic E-state index is 12.1. The van der Waals surface area contributed by atoms with Crippen molar-refractivity contribution >= 4 is 17.7 Å². The normalized spacial score (nSPS) is 11.9. The van der Waals surface area contributed by atoms with E-state index in [0.717, 1.165) is 12.1 Å². The fourth-order valence-corrected chi connectivity index (χ4v) is 2.91. The monoisotopic (exact) mass is 331 g/mol. The molecule has 0 spiro atoms. The molecule has 6 heteroatoms. The summed E-state index contributed by atoms with van der Waals surface area (Å²) in [4.78, 5) is 30.7. The Labute approximate surface area is 139 Å². The van der Waals surface area contributed by atoms with Crippen LogP contribution < -0.4 is 10.9 Å². The zero-order chi connectivity index (χ0) is 16.7. The summed E-state index contributed by atoms with van der Waals surface area (Å²) in [5, 5.41) is 3.08. The number of aromatic amines is 1. The summed E-state index contributed by atoms with van der Waals surface area (Å²) in [6.07, 6.45) is 1.49. The molecule has 5 nitrogen and oxygen atoms in total. The number of carbonyl (C=O) groups is 1. The average molecular weight is 331 g/mol. The second-order valence-corrected chi connectivity index (χ2v) is 6.51. The fraction of sp³-hybridized carbons (Fsp3) is 0.353. The minimum absolute atomic E-state index is 0.0597. The quantitative estimate of drug-likeness (QED) is 0.602. The third kappa shape index (κ3) is 5.56. The van der Waals surface area contributed by atoms with Crippen molar-refractivity contribution in [3.63, 3.8) is 0 Å². The number of H-pyrrole nitrogens is 1. The number of amides is 1. The maximum Gasteiger partial charge on any atom is 0.251 e. The van der Waals surface area contributed by atoms with Gasteiger partial charge >= 0.3 is 0 Å². The Kier molecular flexibility index (Phi) is 6.40. The molecule has 0 fully saturated rings. The van der Waals surface area contributed by atoms with Crippen LogP contribution in [0.15, 0.2) is 46.3 Å². The number of thioether (sulfide) groups is 1. The van der Waals surface area contributed by atoms with Crippen molar-refractivity contribution in [1.82, 2.24) is 15.3 Å². The van der Waals surface area contributed by atoms with Crippen LogP contribution in [0.4, 0.5) is 0 Å². The molecular weight excluding hydrogens is 310 g/mol. The Morgan fingerprint density at radius 1 is 1.35 bits per heavy atom. The number of nitrogens with zero attached hydrogens (tertiary/aromatic N) is 1. The molecule has 1 unspecified atom stereocenters. The van der Waals surface area contributed by atoms with Gasteiger partial charge in [0.05, 0.1) is 5.25 Å². The van der Waals surface area contributed by atoms with E-state index in [9.17, 15) is 9.59 Å². The Balaban J connectivity index is 1.85. The first-order valence-electron chi connectivity index (χ1n) is 7.67. The van der Waals surface area contributed by atoms with E-state index in [4.69, 9.17) is 0 Å². The standard InChI is InChI=1S/C17H21N3O2S/c1-3-14-11-15(21)20-17(19-14)23-12(2)16(22)18-10-9-13-7-5-4-6-8-13/h4-8,11-12H,3,9-10H2,1-2H3,(H,18,22)(H,19,20,21). The van der Waals surface area contributed by atoms with Crippen LogP contribution in [0.5, 0.6) is 0 Å². The number of aryl methyl sites for hydroxylation is 1. The van der Waals surface area contributed by atoms with E-state index in [1.54, 1.807) is 6.92 Å². The summed E-state index contributed by atoms with van der Waals surface area (Å²) in [5.74, 6) is -0.0597. The van der Waals surface area contributed by atoms with Crippen molar-refractivity contribution in [3.05, 3.63) is 58.0 Å². The summed E-state index contributed by atoms with van der Waals surface area (Å²) in [5.41, 5.74) is 1.73. The molecule has 0 bridgehead atoms. The third-order valence-corrected chi connectivity index (χ3v) is 4.33. The Morgan fingerprint density at radius 3 is 2.78 bits per heavy atom. The van der Waals surface area contributed by atoms with Crippen LogP contribution in [0.25, 0.3) is 0 Å². The maximum atomic E-state index is 12.1. The van der Waals surface area contributed by atoms with Gasteiger partial charge in [0.2, 0.25) is 5.91 Å². The van der Waals surface area contributed by atoms with E-state index in [1.165, 1.54) is 23.4 Å². The van der Waals surface area contributed by atoms with E-state index < -0.39 is 0 Å². The zero-order valence-electron chi connectivity index (χ0n) is 13.3. The lowest BCUT2D eigenvalue weighted by Gasteiger charge is -2.11. The van der Waals surface area contributed by atoms with Crippen LogP contribution in [0, 0.1) is 0 Å². The number of carbonyl (C=O) groups excluding carboxylic acids is 1. The largest absolute Gasteiger partial charge is 0.355 e. The van der Waals surface area contributed by atoms with Crippen LogP contribution in [0.2, 0.25) is 0 Å². The van der Waals surface area contributed by atoms with Gasteiger partial charge in [0.25, 0.3) is 5.56 Å². The van der Waals surface area contributed by atoms with E-state index in [0.29, 0.717) is 18.1 Å². The van der Waals surface area contributed by atoms with Crippen molar-refractivity contribution in [1.29, 1.82) is 0 Å². The number of hydrogen-bond acceptors (Lipinski definition) is 4. The lowest BCUT2D eigenvalue weighted by Crippen LogP contribution is -2.32. The Morgan fingerprint density at radius 2 is 2.09 bits per heavy atom. The SMILES string of the molecule is CCc1cc(=O)[nH]c(SC(C)C(=O)NCCc2ccccc2)n1. The van der Waals surface area contributed by atoms with E-state index in [2.05, 4.69) is 15.3 Å². The van der Waals surface area contributed by atoms with Crippen LogP contribution in [0.3, 0.4) is 0 Å². The van der Waals surface area contributed by atoms with Crippen molar-refractivity contribution < 1.29 is 4.79 Å². The van der Waals surface area contributed by atoms with Gasteiger partial charge in [-0.2, -0.15) is 0 Å². The molecule has 0 aliphatic carbocycles. The molecule has 2 N–H and O–H groups in total.